The normalized spacial score (nSPS) is 11.8. The van der Waals surface area contributed by atoms with Gasteiger partial charge in [0.2, 0.25) is 0 Å². The van der Waals surface area contributed by atoms with Crippen molar-refractivity contribution in [3.63, 3.8) is 0 Å². The molecule has 0 fully saturated rings. The summed E-state index contributed by atoms with van der Waals surface area (Å²) in [6.07, 6.45) is 0.253. The molecule has 0 spiro atoms. The first kappa shape index (κ1) is 24.0. The molecule has 8 heteroatoms. The van der Waals surface area contributed by atoms with Gasteiger partial charge in [-0.2, -0.15) is 5.26 Å². The van der Waals surface area contributed by atoms with Gasteiger partial charge < -0.3 is 10.1 Å². The highest BCUT2D eigenvalue weighted by Crippen LogP contribution is 2.35. The molecule has 0 aliphatic heterocycles. The third-order valence-electron chi connectivity index (χ3n) is 5.82. The number of nitrogens with one attached hydrogen (secondary N) is 2. The summed E-state index contributed by atoms with van der Waals surface area (Å²) in [5, 5.41) is 19.2. The van der Waals surface area contributed by atoms with E-state index in [4.69, 9.17) is 5.26 Å². The van der Waals surface area contributed by atoms with E-state index in [1.807, 2.05) is 0 Å². The second-order valence-electron chi connectivity index (χ2n) is 9.35. The number of rotatable bonds is 6. The fraction of sp³-hybridized carbons (Fsp3) is 0.185. The second kappa shape index (κ2) is 8.93. The van der Waals surface area contributed by atoms with Gasteiger partial charge in [-0.3, -0.25) is 4.72 Å². The van der Waals surface area contributed by atoms with E-state index >= 15 is 0 Å². The van der Waals surface area contributed by atoms with E-state index < -0.39 is 16.0 Å². The summed E-state index contributed by atoms with van der Waals surface area (Å²) in [5.41, 5.74) is 3.73. The van der Waals surface area contributed by atoms with E-state index in [9.17, 15) is 18.3 Å². The highest BCUT2D eigenvalue weighted by molar-refractivity contribution is 7.92. The number of aromatic carboxylic acids is 1. The molecule has 4 aromatic rings. The number of carbonyl (C=O) groups is 1. The number of aromatic nitrogens is 1. The summed E-state index contributed by atoms with van der Waals surface area (Å²) in [7, 11) is -3.85. The molecule has 178 valence electrons. The van der Waals surface area contributed by atoms with Gasteiger partial charge >= 0.3 is 5.97 Å². The number of anilines is 1. The number of sulfonamides is 1. The molecule has 0 radical (unpaired) electrons. The zero-order chi connectivity index (χ0) is 25.4. The lowest BCUT2D eigenvalue weighted by atomic mass is 9.87. The predicted molar refractivity (Wildman–Crippen MR) is 136 cm³/mol. The Labute approximate surface area is 204 Å². The number of aromatic amines is 1. The molecule has 0 unspecified atom stereocenters. The van der Waals surface area contributed by atoms with Crippen LogP contribution in [-0.2, 0) is 21.9 Å². The van der Waals surface area contributed by atoms with Gasteiger partial charge in [-0.1, -0.05) is 57.2 Å². The SMILES string of the molecule is CC(C)(C)c1ccc(S(=O)(=O)Nc2ccc3[nH]c(C(=O)O)c(-c4ccc(CC#N)cc4)c3c2)cc1. The number of hydrogen-bond donors (Lipinski definition) is 3. The van der Waals surface area contributed by atoms with Crippen molar-refractivity contribution in [2.45, 2.75) is 37.5 Å². The Morgan fingerprint density at radius 3 is 2.26 bits per heavy atom. The van der Waals surface area contributed by atoms with Crippen molar-refractivity contribution in [2.75, 3.05) is 4.72 Å². The maximum Gasteiger partial charge on any atom is 0.352 e. The lowest BCUT2D eigenvalue weighted by Crippen LogP contribution is -2.14. The van der Waals surface area contributed by atoms with Gasteiger partial charge in [0.1, 0.15) is 5.69 Å². The van der Waals surface area contributed by atoms with E-state index in [0.717, 1.165) is 11.1 Å². The van der Waals surface area contributed by atoms with Crippen LogP contribution in [0.1, 0.15) is 42.4 Å². The molecule has 0 atom stereocenters. The molecular weight excluding hydrogens is 462 g/mol. The maximum absolute atomic E-state index is 13.0. The largest absolute Gasteiger partial charge is 0.477 e. The van der Waals surface area contributed by atoms with E-state index in [-0.39, 0.29) is 22.4 Å². The topological polar surface area (TPSA) is 123 Å². The Hall–Kier alpha value is -4.09. The molecule has 4 rings (SSSR count). The van der Waals surface area contributed by atoms with Crippen LogP contribution in [0, 0.1) is 11.3 Å². The molecule has 7 nitrogen and oxygen atoms in total. The van der Waals surface area contributed by atoms with Crippen molar-refractivity contribution < 1.29 is 18.3 Å². The lowest BCUT2D eigenvalue weighted by molar-refractivity contribution is 0.0692. The summed E-state index contributed by atoms with van der Waals surface area (Å²) in [6.45, 7) is 6.17. The van der Waals surface area contributed by atoms with Crippen molar-refractivity contribution in [2.24, 2.45) is 0 Å². The standard InChI is InChI=1S/C27H25N3O4S/c1-27(2,3)19-8-11-21(12-9-19)35(33,34)30-20-10-13-23-22(16-20)24(25(29-23)26(31)32)18-6-4-17(5-7-18)14-15-28/h4-13,16,29-30H,14H2,1-3H3,(H,31,32). The van der Waals surface area contributed by atoms with Crippen LogP contribution in [0.2, 0.25) is 0 Å². The third-order valence-corrected chi connectivity index (χ3v) is 7.22. The van der Waals surface area contributed by atoms with Crippen LogP contribution in [0.4, 0.5) is 5.69 Å². The van der Waals surface area contributed by atoms with Gasteiger partial charge in [-0.15, -0.1) is 0 Å². The van der Waals surface area contributed by atoms with Gasteiger partial charge in [-0.05, 0) is 52.4 Å². The average molecular weight is 488 g/mol. The predicted octanol–water partition coefficient (Wildman–Crippen LogP) is 5.70. The van der Waals surface area contributed by atoms with Crippen LogP contribution >= 0.6 is 0 Å². The van der Waals surface area contributed by atoms with Gasteiger partial charge in [0, 0.05) is 22.2 Å². The van der Waals surface area contributed by atoms with Gasteiger partial charge in [0.15, 0.2) is 0 Å². The minimum absolute atomic E-state index is 0.00538. The van der Waals surface area contributed by atoms with Crippen molar-refractivity contribution in [1.82, 2.24) is 4.98 Å². The van der Waals surface area contributed by atoms with Gasteiger partial charge in [-0.25, -0.2) is 13.2 Å². The number of nitriles is 1. The van der Waals surface area contributed by atoms with Crippen LogP contribution < -0.4 is 4.72 Å². The average Bonchev–Trinajstić information content (AvgIpc) is 3.18. The number of benzene rings is 3. The first-order chi connectivity index (χ1) is 16.5. The number of nitrogens with zero attached hydrogens (tertiary/aromatic N) is 1. The molecular formula is C27H25N3O4S. The Morgan fingerprint density at radius 1 is 1.03 bits per heavy atom. The summed E-state index contributed by atoms with van der Waals surface area (Å²) in [4.78, 5) is 15.0. The highest BCUT2D eigenvalue weighted by atomic mass is 32.2. The van der Waals surface area contributed by atoms with Gasteiger partial charge in [0.05, 0.1) is 17.4 Å². The minimum Gasteiger partial charge on any atom is -0.477 e. The molecule has 35 heavy (non-hydrogen) atoms. The first-order valence-electron chi connectivity index (χ1n) is 11.0. The van der Waals surface area contributed by atoms with Gasteiger partial charge in [0.25, 0.3) is 10.0 Å². The molecule has 0 amide bonds. The zero-order valence-corrected chi connectivity index (χ0v) is 20.4. The van der Waals surface area contributed by atoms with Crippen LogP contribution in [0.15, 0.2) is 71.6 Å². The molecule has 0 saturated carbocycles. The van der Waals surface area contributed by atoms with E-state index in [0.29, 0.717) is 27.7 Å². The van der Waals surface area contributed by atoms with Crippen molar-refractivity contribution in [1.29, 1.82) is 5.26 Å². The molecule has 1 heterocycles. The van der Waals surface area contributed by atoms with Crippen LogP contribution in [0.5, 0.6) is 0 Å². The third kappa shape index (κ3) is 4.91. The number of fused-ring (bicyclic) bond motifs is 1. The van der Waals surface area contributed by atoms with Crippen LogP contribution in [0.3, 0.4) is 0 Å². The Balaban J connectivity index is 1.74. The molecule has 0 aliphatic rings. The highest BCUT2D eigenvalue weighted by Gasteiger charge is 2.21. The zero-order valence-electron chi connectivity index (χ0n) is 19.6. The minimum atomic E-state index is -3.85. The number of carboxylic acids is 1. The number of hydrogen-bond acceptors (Lipinski definition) is 4. The van der Waals surface area contributed by atoms with E-state index in [1.165, 1.54) is 0 Å². The summed E-state index contributed by atoms with van der Waals surface area (Å²) < 4.78 is 28.7. The molecule has 0 bridgehead atoms. The number of carboxylic acid groups (broad SMARTS) is 1. The fourth-order valence-corrected chi connectivity index (χ4v) is 4.99. The van der Waals surface area contributed by atoms with Crippen molar-refractivity contribution in [3.8, 4) is 17.2 Å². The lowest BCUT2D eigenvalue weighted by Gasteiger charge is -2.19. The van der Waals surface area contributed by atoms with Crippen LogP contribution in [-0.4, -0.2) is 24.5 Å². The molecule has 3 aromatic carbocycles. The van der Waals surface area contributed by atoms with Crippen LogP contribution in [0.25, 0.3) is 22.0 Å². The Morgan fingerprint density at radius 2 is 1.69 bits per heavy atom. The molecule has 1 aromatic heterocycles. The molecule has 0 saturated heterocycles. The van der Waals surface area contributed by atoms with E-state index in [1.54, 1.807) is 66.7 Å². The Kier molecular flexibility index (Phi) is 6.14. The van der Waals surface area contributed by atoms with Crippen molar-refractivity contribution in [3.05, 3.63) is 83.6 Å². The quantitative estimate of drug-likeness (QED) is 0.322. The number of H-pyrrole nitrogens is 1. The smallest absolute Gasteiger partial charge is 0.352 e. The molecule has 0 aliphatic carbocycles. The second-order valence-corrected chi connectivity index (χ2v) is 11.0. The summed E-state index contributed by atoms with van der Waals surface area (Å²) in [5.74, 6) is -1.13. The summed E-state index contributed by atoms with van der Waals surface area (Å²) >= 11 is 0. The fourth-order valence-electron chi connectivity index (χ4n) is 3.94. The monoisotopic (exact) mass is 487 g/mol. The van der Waals surface area contributed by atoms with Crippen molar-refractivity contribution >= 4 is 32.6 Å². The maximum atomic E-state index is 13.0. The first-order valence-corrected chi connectivity index (χ1v) is 12.5. The van der Waals surface area contributed by atoms with E-state index in [2.05, 4.69) is 36.5 Å². The Bertz CT molecular complexity index is 1550. The summed E-state index contributed by atoms with van der Waals surface area (Å²) in [6, 6.07) is 20.8. The molecule has 3 N–H and O–H groups in total.